The molecule has 1 aliphatic rings. The summed E-state index contributed by atoms with van der Waals surface area (Å²) in [5.74, 6) is -1.07. The smallest absolute Gasteiger partial charge is 0.335 e. The summed E-state index contributed by atoms with van der Waals surface area (Å²) in [7, 11) is 0. The Bertz CT molecular complexity index is 1060. The maximum atomic E-state index is 13.0. The number of hydrogen-bond acceptors (Lipinski definition) is 3. The van der Waals surface area contributed by atoms with E-state index in [1.165, 1.54) is 37.1 Å². The fourth-order valence-corrected chi connectivity index (χ4v) is 4.30. The van der Waals surface area contributed by atoms with Gasteiger partial charge in [-0.15, -0.1) is 0 Å². The van der Waals surface area contributed by atoms with Crippen molar-refractivity contribution in [2.75, 3.05) is 18.0 Å². The Hall–Kier alpha value is -3.60. The van der Waals surface area contributed by atoms with Crippen molar-refractivity contribution in [2.24, 2.45) is 0 Å². The molecule has 164 valence electrons. The second-order valence-electron chi connectivity index (χ2n) is 8.20. The molecule has 0 spiro atoms. The van der Waals surface area contributed by atoms with Gasteiger partial charge in [0, 0.05) is 24.3 Å². The molecule has 32 heavy (non-hydrogen) atoms. The Morgan fingerprint density at radius 2 is 1.50 bits per heavy atom. The van der Waals surface area contributed by atoms with Crippen LogP contribution in [0.4, 0.5) is 5.69 Å². The van der Waals surface area contributed by atoms with Crippen LogP contribution in [0.2, 0.25) is 0 Å². The molecular formula is C27H28N2O3. The van der Waals surface area contributed by atoms with Crippen molar-refractivity contribution in [2.45, 2.75) is 31.7 Å². The van der Waals surface area contributed by atoms with Crippen LogP contribution < -0.4 is 10.2 Å². The first-order valence-corrected chi connectivity index (χ1v) is 11.1. The quantitative estimate of drug-likeness (QED) is 0.566. The van der Waals surface area contributed by atoms with Gasteiger partial charge >= 0.3 is 5.97 Å². The highest BCUT2D eigenvalue weighted by molar-refractivity contribution is 5.88. The van der Waals surface area contributed by atoms with Gasteiger partial charge < -0.3 is 15.3 Å². The number of carbonyl (C=O) groups excluding carboxylic acids is 1. The molecule has 0 aliphatic carbocycles. The molecule has 5 nitrogen and oxygen atoms in total. The summed E-state index contributed by atoms with van der Waals surface area (Å²) in [6.45, 7) is 2.06. The number of aromatic carboxylic acids is 1. The molecule has 3 aromatic carbocycles. The summed E-state index contributed by atoms with van der Waals surface area (Å²) in [5, 5.41) is 12.3. The number of amides is 1. The lowest BCUT2D eigenvalue weighted by Gasteiger charge is -2.33. The van der Waals surface area contributed by atoms with Crippen LogP contribution in [0.15, 0.2) is 78.9 Å². The van der Waals surface area contributed by atoms with Crippen LogP contribution in [0.1, 0.15) is 52.4 Å². The zero-order valence-corrected chi connectivity index (χ0v) is 18.0. The van der Waals surface area contributed by atoms with Gasteiger partial charge in [-0.1, -0.05) is 60.7 Å². The van der Waals surface area contributed by atoms with E-state index in [2.05, 4.69) is 28.4 Å². The monoisotopic (exact) mass is 428 g/mol. The summed E-state index contributed by atoms with van der Waals surface area (Å²) < 4.78 is 0. The van der Waals surface area contributed by atoms with Crippen LogP contribution >= 0.6 is 0 Å². The van der Waals surface area contributed by atoms with Gasteiger partial charge in [-0.25, -0.2) is 4.79 Å². The number of carbonyl (C=O) groups is 2. The number of nitrogens with one attached hydrogen (secondary N) is 1. The molecule has 5 heteroatoms. The van der Waals surface area contributed by atoms with E-state index in [1.807, 2.05) is 36.4 Å². The molecular weight excluding hydrogens is 400 g/mol. The van der Waals surface area contributed by atoms with Crippen molar-refractivity contribution < 1.29 is 14.7 Å². The Kier molecular flexibility index (Phi) is 6.85. The first-order chi connectivity index (χ1) is 15.6. The first kappa shape index (κ1) is 21.6. The number of nitrogens with zero attached hydrogens (tertiary/aromatic N) is 1. The molecule has 4 rings (SSSR count). The third-order valence-corrected chi connectivity index (χ3v) is 5.95. The maximum absolute atomic E-state index is 13.0. The van der Waals surface area contributed by atoms with Gasteiger partial charge in [-0.2, -0.15) is 0 Å². The largest absolute Gasteiger partial charge is 0.478 e. The summed E-state index contributed by atoms with van der Waals surface area (Å²) in [6.07, 6.45) is 3.82. The van der Waals surface area contributed by atoms with Crippen molar-refractivity contribution in [1.29, 1.82) is 0 Å². The van der Waals surface area contributed by atoms with E-state index in [4.69, 9.17) is 5.11 Å². The lowest BCUT2D eigenvalue weighted by molar-refractivity contribution is -0.120. The summed E-state index contributed by atoms with van der Waals surface area (Å²) >= 11 is 0. The Balaban J connectivity index is 1.60. The second-order valence-corrected chi connectivity index (χ2v) is 8.20. The zero-order chi connectivity index (χ0) is 22.3. The molecule has 0 saturated carbocycles. The van der Waals surface area contributed by atoms with Crippen molar-refractivity contribution in [1.82, 2.24) is 5.32 Å². The van der Waals surface area contributed by atoms with E-state index in [0.717, 1.165) is 29.8 Å². The minimum Gasteiger partial charge on any atom is -0.478 e. The van der Waals surface area contributed by atoms with Crippen LogP contribution in [-0.2, 0) is 11.2 Å². The van der Waals surface area contributed by atoms with Crippen molar-refractivity contribution in [3.63, 3.8) is 0 Å². The SMILES string of the molecule is O=C(Cc1ccc(C(=O)O)cc1)N[C@H](c1ccccc1)c1ccccc1N1CCCCC1. The third kappa shape index (κ3) is 5.17. The Morgan fingerprint density at radius 3 is 2.19 bits per heavy atom. The predicted octanol–water partition coefficient (Wildman–Crippen LogP) is 4.82. The highest BCUT2D eigenvalue weighted by atomic mass is 16.4. The average Bonchev–Trinajstić information content (AvgIpc) is 2.84. The standard InChI is InChI=1S/C27H28N2O3/c30-25(19-20-13-15-22(16-14-20)27(31)32)28-26(21-9-3-1-4-10-21)23-11-5-6-12-24(23)29-17-7-2-8-18-29/h1,3-6,9-16,26H,2,7-8,17-19H2,(H,28,30)(H,31,32)/t26-/m1/s1. The average molecular weight is 429 g/mol. The van der Waals surface area contributed by atoms with E-state index in [1.54, 1.807) is 12.1 Å². The molecule has 0 bridgehead atoms. The van der Waals surface area contributed by atoms with Crippen molar-refractivity contribution in [3.05, 3.63) is 101 Å². The minimum atomic E-state index is -0.973. The highest BCUT2D eigenvalue weighted by Gasteiger charge is 2.23. The Labute approximate surface area is 188 Å². The summed E-state index contributed by atoms with van der Waals surface area (Å²) in [6, 6.07) is 24.6. The van der Waals surface area contributed by atoms with Crippen LogP contribution in [-0.4, -0.2) is 30.1 Å². The first-order valence-electron chi connectivity index (χ1n) is 11.1. The molecule has 1 aliphatic heterocycles. The fraction of sp³-hybridized carbons (Fsp3) is 0.259. The second kappa shape index (κ2) is 10.1. The highest BCUT2D eigenvalue weighted by Crippen LogP contribution is 2.32. The molecule has 1 saturated heterocycles. The van der Waals surface area contributed by atoms with Crippen LogP contribution in [0.3, 0.4) is 0 Å². The zero-order valence-electron chi connectivity index (χ0n) is 18.0. The van der Waals surface area contributed by atoms with E-state index < -0.39 is 5.97 Å². The van der Waals surface area contributed by atoms with Gasteiger partial charge in [-0.3, -0.25) is 4.79 Å². The lowest BCUT2D eigenvalue weighted by atomic mass is 9.95. The van der Waals surface area contributed by atoms with E-state index in [0.29, 0.717) is 0 Å². The minimum absolute atomic E-state index is 0.102. The fourth-order valence-electron chi connectivity index (χ4n) is 4.30. The number of anilines is 1. The maximum Gasteiger partial charge on any atom is 0.335 e. The predicted molar refractivity (Wildman–Crippen MR) is 126 cm³/mol. The summed E-state index contributed by atoms with van der Waals surface area (Å²) in [5.41, 5.74) is 4.30. The molecule has 1 atom stereocenters. The molecule has 1 heterocycles. The molecule has 2 N–H and O–H groups in total. The summed E-state index contributed by atoms with van der Waals surface area (Å²) in [4.78, 5) is 26.5. The molecule has 3 aromatic rings. The molecule has 0 aromatic heterocycles. The normalized spacial score (nSPS) is 14.6. The number of carboxylic acid groups (broad SMARTS) is 1. The number of benzene rings is 3. The van der Waals surface area contributed by atoms with Gasteiger partial charge in [0.15, 0.2) is 0 Å². The number of para-hydroxylation sites is 1. The van der Waals surface area contributed by atoms with E-state index in [-0.39, 0.29) is 23.9 Å². The number of rotatable bonds is 7. The van der Waals surface area contributed by atoms with Crippen LogP contribution in [0.25, 0.3) is 0 Å². The van der Waals surface area contributed by atoms with Gasteiger partial charge in [0.05, 0.1) is 18.0 Å². The van der Waals surface area contributed by atoms with Crippen LogP contribution in [0.5, 0.6) is 0 Å². The van der Waals surface area contributed by atoms with E-state index >= 15 is 0 Å². The van der Waals surface area contributed by atoms with Gasteiger partial charge in [0.2, 0.25) is 5.91 Å². The van der Waals surface area contributed by atoms with Gasteiger partial charge in [-0.05, 0) is 48.6 Å². The molecule has 0 unspecified atom stereocenters. The number of carboxylic acids is 1. The Morgan fingerprint density at radius 1 is 0.844 bits per heavy atom. The van der Waals surface area contributed by atoms with Crippen molar-refractivity contribution >= 4 is 17.6 Å². The molecule has 1 amide bonds. The topological polar surface area (TPSA) is 69.6 Å². The lowest BCUT2D eigenvalue weighted by Crippen LogP contribution is -2.34. The van der Waals surface area contributed by atoms with Gasteiger partial charge in [0.1, 0.15) is 0 Å². The third-order valence-electron chi connectivity index (χ3n) is 5.95. The number of piperidine rings is 1. The van der Waals surface area contributed by atoms with Crippen LogP contribution in [0, 0.1) is 0 Å². The number of hydrogen-bond donors (Lipinski definition) is 2. The molecule has 0 radical (unpaired) electrons. The van der Waals surface area contributed by atoms with E-state index in [9.17, 15) is 9.59 Å². The van der Waals surface area contributed by atoms with Gasteiger partial charge in [0.25, 0.3) is 0 Å². The molecule has 1 fully saturated rings. The van der Waals surface area contributed by atoms with Crippen molar-refractivity contribution in [3.8, 4) is 0 Å².